The quantitative estimate of drug-likeness (QED) is 0.407. The largest absolute Gasteiger partial charge is 0.465 e. The first kappa shape index (κ1) is 19.8. The molecule has 0 spiro atoms. The van der Waals surface area contributed by atoms with Gasteiger partial charge in [-0.15, -0.1) is 21.5 Å². The number of ether oxygens (including phenoxy) is 1. The van der Waals surface area contributed by atoms with Gasteiger partial charge in [0.15, 0.2) is 11.5 Å². The lowest BCUT2D eigenvalue weighted by molar-refractivity contribution is -0.0715. The van der Waals surface area contributed by atoms with Gasteiger partial charge in [-0.25, -0.2) is 28.9 Å². The van der Waals surface area contributed by atoms with Gasteiger partial charge < -0.3 is 4.74 Å². The summed E-state index contributed by atoms with van der Waals surface area (Å²) in [4.78, 5) is 27.5. The molecule has 4 aliphatic carbocycles. The van der Waals surface area contributed by atoms with Crippen LogP contribution in [0, 0.1) is 18.8 Å². The molecule has 0 radical (unpaired) electrons. The third kappa shape index (κ3) is 2.64. The number of hydrogen-bond acceptors (Lipinski definition) is 8. The maximum Gasteiger partial charge on any atom is 0.348 e. The van der Waals surface area contributed by atoms with Crippen molar-refractivity contribution in [1.82, 2.24) is 34.3 Å². The second-order valence-electron chi connectivity index (χ2n) is 10.1. The highest BCUT2D eigenvalue weighted by Crippen LogP contribution is 2.64. The smallest absolute Gasteiger partial charge is 0.348 e. The molecule has 8 rings (SSSR count). The molecular formula is C22H22ClN7O2S. The molecule has 4 bridgehead atoms. The lowest BCUT2D eigenvalue weighted by Crippen LogP contribution is -2.58. The van der Waals surface area contributed by atoms with Gasteiger partial charge in [-0.3, -0.25) is 0 Å². The van der Waals surface area contributed by atoms with Crippen molar-refractivity contribution in [3.05, 3.63) is 34.2 Å². The Morgan fingerprint density at radius 1 is 1.18 bits per heavy atom. The molecule has 4 saturated carbocycles. The van der Waals surface area contributed by atoms with Crippen molar-refractivity contribution >= 4 is 44.8 Å². The van der Waals surface area contributed by atoms with Crippen molar-refractivity contribution in [3.63, 3.8) is 0 Å². The molecule has 0 N–H and O–H groups in total. The van der Waals surface area contributed by atoms with E-state index >= 15 is 0 Å². The molecule has 2 atom stereocenters. The molecule has 4 fully saturated rings. The summed E-state index contributed by atoms with van der Waals surface area (Å²) >= 11 is 7.44. The van der Waals surface area contributed by atoms with E-state index in [1.807, 2.05) is 11.6 Å². The molecule has 9 nitrogen and oxygen atoms in total. The van der Waals surface area contributed by atoms with Crippen LogP contribution in [0.15, 0.2) is 12.7 Å². The lowest BCUT2D eigenvalue weighted by Gasteiger charge is -2.60. The minimum absolute atomic E-state index is 0.0778. The van der Waals surface area contributed by atoms with Crippen molar-refractivity contribution in [2.24, 2.45) is 11.8 Å². The summed E-state index contributed by atoms with van der Waals surface area (Å²) in [7, 11) is 1.40. The average Bonchev–Trinajstić information content (AvgIpc) is 3.49. The van der Waals surface area contributed by atoms with E-state index in [2.05, 4.69) is 15.1 Å². The van der Waals surface area contributed by atoms with Gasteiger partial charge in [0.25, 0.3) is 0 Å². The Morgan fingerprint density at radius 3 is 2.67 bits per heavy atom. The van der Waals surface area contributed by atoms with E-state index in [0.717, 1.165) is 59.4 Å². The van der Waals surface area contributed by atoms with Crippen molar-refractivity contribution in [1.29, 1.82) is 0 Å². The van der Waals surface area contributed by atoms with Crippen LogP contribution in [0.5, 0.6) is 0 Å². The summed E-state index contributed by atoms with van der Waals surface area (Å²) in [6, 6.07) is 0. The molecule has 170 valence electrons. The second-order valence-corrected chi connectivity index (χ2v) is 11.4. The second kappa shape index (κ2) is 6.50. The Bertz CT molecular complexity index is 1440. The van der Waals surface area contributed by atoms with E-state index in [1.165, 1.54) is 24.9 Å². The highest BCUT2D eigenvalue weighted by Gasteiger charge is 2.61. The number of fused-ring (bicyclic) bond motifs is 3. The Labute approximate surface area is 198 Å². The molecule has 33 heavy (non-hydrogen) atoms. The molecule has 4 aliphatic rings. The summed E-state index contributed by atoms with van der Waals surface area (Å²) < 4.78 is 8.75. The van der Waals surface area contributed by atoms with E-state index in [4.69, 9.17) is 26.4 Å². The molecule has 0 aromatic carbocycles. The summed E-state index contributed by atoms with van der Waals surface area (Å²) in [5.41, 5.74) is 1.42. The first-order valence-corrected chi connectivity index (χ1v) is 12.4. The number of thiophene rings is 1. The highest BCUT2D eigenvalue weighted by atomic mass is 35.5. The standard InChI is InChI=1S/C22H22ClN7O2S/c1-11-14-16-26-19(27-29(16)9-24-17(14)33-15(11)18(31)32-2)21-4-12-3-13(5-21)7-22(6-12,8-21)30-10-25-20(23)28-30/h9-10,12-13H,3-8H2,1-2H3/t12-,13-,21?,22?/m0/s1. The fourth-order valence-corrected chi connectivity index (χ4v) is 8.45. The fraction of sp³-hybridized carbons (Fsp3) is 0.545. The van der Waals surface area contributed by atoms with Gasteiger partial charge in [-0.05, 0) is 74.4 Å². The van der Waals surface area contributed by atoms with Crippen LogP contribution < -0.4 is 0 Å². The predicted molar refractivity (Wildman–Crippen MR) is 122 cm³/mol. The molecule has 0 aliphatic heterocycles. The number of halogens is 1. The molecule has 11 heteroatoms. The third-order valence-electron chi connectivity index (χ3n) is 8.09. The number of aryl methyl sites for hydroxylation is 1. The predicted octanol–water partition coefficient (Wildman–Crippen LogP) is 3.93. The van der Waals surface area contributed by atoms with E-state index in [-0.39, 0.29) is 16.9 Å². The topological polar surface area (TPSA) is 100 Å². The van der Waals surface area contributed by atoms with Crippen LogP contribution in [0.3, 0.4) is 0 Å². The summed E-state index contributed by atoms with van der Waals surface area (Å²) in [5.74, 6) is 1.77. The number of hydrogen-bond donors (Lipinski definition) is 0. The summed E-state index contributed by atoms with van der Waals surface area (Å²) in [6.07, 6.45) is 10.1. The van der Waals surface area contributed by atoms with Crippen molar-refractivity contribution in [2.75, 3.05) is 7.11 Å². The average molecular weight is 484 g/mol. The van der Waals surface area contributed by atoms with E-state index < -0.39 is 0 Å². The van der Waals surface area contributed by atoms with Gasteiger partial charge >= 0.3 is 5.97 Å². The van der Waals surface area contributed by atoms with Crippen LogP contribution in [0.2, 0.25) is 5.28 Å². The number of carbonyl (C=O) groups is 1. The van der Waals surface area contributed by atoms with Crippen molar-refractivity contribution in [2.45, 2.75) is 56.4 Å². The highest BCUT2D eigenvalue weighted by molar-refractivity contribution is 7.20. The van der Waals surface area contributed by atoms with Crippen molar-refractivity contribution in [3.8, 4) is 0 Å². The zero-order valence-electron chi connectivity index (χ0n) is 18.3. The number of methoxy groups -OCH3 is 1. The minimum atomic E-state index is -0.345. The van der Waals surface area contributed by atoms with Crippen molar-refractivity contribution < 1.29 is 9.53 Å². The maximum atomic E-state index is 12.2. The van der Waals surface area contributed by atoms with Gasteiger partial charge in [0.05, 0.1) is 18.0 Å². The molecule has 0 unspecified atom stereocenters. The lowest BCUT2D eigenvalue weighted by atomic mass is 9.46. The molecular weight excluding hydrogens is 462 g/mol. The Kier molecular flexibility index (Phi) is 3.91. The van der Waals surface area contributed by atoms with Crippen LogP contribution in [0.1, 0.15) is 59.6 Å². The Balaban J connectivity index is 1.38. The molecule has 4 heterocycles. The van der Waals surface area contributed by atoms with Gasteiger partial charge in [-0.2, -0.15) is 0 Å². The van der Waals surface area contributed by atoms with Crippen LogP contribution in [-0.4, -0.2) is 47.4 Å². The normalized spacial score (nSPS) is 30.5. The fourth-order valence-electron chi connectivity index (χ4n) is 7.26. The molecule has 0 saturated heterocycles. The molecule has 0 amide bonds. The van der Waals surface area contributed by atoms with Crippen LogP contribution >= 0.6 is 22.9 Å². The summed E-state index contributed by atoms with van der Waals surface area (Å²) in [6.45, 7) is 1.93. The number of carbonyl (C=O) groups excluding carboxylic acids is 1. The number of rotatable bonds is 3. The molecule has 4 aromatic heterocycles. The minimum Gasteiger partial charge on any atom is -0.465 e. The van der Waals surface area contributed by atoms with Gasteiger partial charge in [0.2, 0.25) is 5.28 Å². The summed E-state index contributed by atoms with van der Waals surface area (Å²) in [5, 5.41) is 10.7. The zero-order chi connectivity index (χ0) is 22.5. The SMILES string of the molecule is COC(=O)c1sc2ncn3nc(C45C[C@@H]6C[C@@H](C4)CC(n4cnc(Cl)n4)(C6)C5)nc3c2c1C. The Morgan fingerprint density at radius 2 is 1.97 bits per heavy atom. The van der Waals surface area contributed by atoms with E-state index in [9.17, 15) is 4.79 Å². The monoisotopic (exact) mass is 483 g/mol. The Hall–Kier alpha value is -2.59. The zero-order valence-corrected chi connectivity index (χ0v) is 19.9. The number of nitrogens with zero attached hydrogens (tertiary/aromatic N) is 7. The van der Waals surface area contributed by atoms with Crippen LogP contribution in [0.4, 0.5) is 0 Å². The first-order valence-electron chi connectivity index (χ1n) is 11.2. The first-order chi connectivity index (χ1) is 15.9. The number of aromatic nitrogens is 7. The third-order valence-corrected chi connectivity index (χ3v) is 9.45. The molecule has 4 aromatic rings. The van der Waals surface area contributed by atoms with Gasteiger partial charge in [0, 0.05) is 5.41 Å². The van der Waals surface area contributed by atoms with Gasteiger partial charge in [0.1, 0.15) is 22.4 Å². The number of esters is 1. The van der Waals surface area contributed by atoms with E-state index in [1.54, 1.807) is 17.2 Å². The van der Waals surface area contributed by atoms with Crippen LogP contribution in [-0.2, 0) is 15.7 Å². The van der Waals surface area contributed by atoms with Crippen LogP contribution in [0.25, 0.3) is 15.9 Å². The van der Waals surface area contributed by atoms with Gasteiger partial charge in [-0.1, -0.05) is 0 Å². The van der Waals surface area contributed by atoms with E-state index in [0.29, 0.717) is 22.0 Å². The maximum absolute atomic E-state index is 12.2.